The molecule has 0 aliphatic carbocycles. The van der Waals surface area contributed by atoms with Crippen LogP contribution in [0.5, 0.6) is 0 Å². The molecule has 0 aromatic carbocycles. The molecule has 0 radical (unpaired) electrons. The highest BCUT2D eigenvalue weighted by Gasteiger charge is 2.57. The van der Waals surface area contributed by atoms with Crippen molar-refractivity contribution in [2.45, 2.75) is 38.9 Å². The molecule has 0 fully saturated rings. The van der Waals surface area contributed by atoms with Gasteiger partial charge in [0.1, 0.15) is 0 Å². The van der Waals surface area contributed by atoms with E-state index < -0.39 is 12.2 Å². The third-order valence-electron chi connectivity index (χ3n) is 1.81. The molecule has 0 bridgehead atoms. The summed E-state index contributed by atoms with van der Waals surface area (Å²) in [6, 6.07) is -4.78. The van der Waals surface area contributed by atoms with E-state index in [1.807, 2.05) is 6.92 Å². The molecule has 14 heavy (non-hydrogen) atoms. The first kappa shape index (κ1) is 13.6. The van der Waals surface area contributed by atoms with Gasteiger partial charge in [-0.05, 0) is 12.3 Å². The van der Waals surface area contributed by atoms with Crippen molar-refractivity contribution in [2.75, 3.05) is 6.54 Å². The molecule has 1 nitrogen and oxygen atoms in total. The first-order chi connectivity index (χ1) is 6.20. The Morgan fingerprint density at radius 2 is 1.64 bits per heavy atom. The highest BCUT2D eigenvalue weighted by atomic mass is 19.4. The lowest BCUT2D eigenvalue weighted by Gasteiger charge is -2.22. The highest BCUT2D eigenvalue weighted by Crippen LogP contribution is 2.32. The molecule has 0 amide bonds. The van der Waals surface area contributed by atoms with Crippen LogP contribution in [0.15, 0.2) is 0 Å². The maximum absolute atomic E-state index is 12.3. The molecule has 86 valence electrons. The summed E-state index contributed by atoms with van der Waals surface area (Å²) >= 11 is 0. The van der Waals surface area contributed by atoms with Crippen molar-refractivity contribution < 1.29 is 22.0 Å². The number of rotatable bonds is 5. The van der Waals surface area contributed by atoms with E-state index in [0.717, 1.165) is 6.42 Å². The maximum Gasteiger partial charge on any atom is 0.469 e. The fourth-order valence-electron chi connectivity index (χ4n) is 0.997. The molecule has 0 saturated carbocycles. The second kappa shape index (κ2) is 4.91. The van der Waals surface area contributed by atoms with Crippen LogP contribution in [-0.4, -0.2) is 18.8 Å². The summed E-state index contributed by atoms with van der Waals surface area (Å²) in [6.07, 6.45) is -4.12. The molecule has 1 unspecified atom stereocenters. The van der Waals surface area contributed by atoms with Crippen molar-refractivity contribution in [3.8, 4) is 0 Å². The second-order valence-electron chi connectivity index (χ2n) is 3.35. The van der Waals surface area contributed by atoms with Crippen molar-refractivity contribution in [1.82, 2.24) is 5.32 Å². The zero-order valence-electron chi connectivity index (χ0n) is 8.09. The number of hydrogen-bond donors (Lipinski definition) is 1. The van der Waals surface area contributed by atoms with E-state index in [1.165, 1.54) is 5.32 Å². The van der Waals surface area contributed by atoms with Crippen LogP contribution in [0.3, 0.4) is 0 Å². The van der Waals surface area contributed by atoms with Crippen LogP contribution in [0.2, 0.25) is 0 Å². The molecule has 0 aromatic heterocycles. The Morgan fingerprint density at radius 3 is 2.00 bits per heavy atom. The molecule has 1 N–H and O–H groups in total. The molecular weight excluding hydrogens is 205 g/mol. The fraction of sp³-hybridized carbons (Fsp3) is 1.00. The van der Waals surface area contributed by atoms with Crippen molar-refractivity contribution in [3.05, 3.63) is 0 Å². The van der Waals surface area contributed by atoms with Gasteiger partial charge in [-0.3, -0.25) is 0 Å². The summed E-state index contributed by atoms with van der Waals surface area (Å²) in [7, 11) is 0. The zero-order valence-corrected chi connectivity index (χ0v) is 8.09. The Bertz CT molecular complexity index is 166. The Labute approximate surface area is 79.7 Å². The highest BCUT2D eigenvalue weighted by molar-refractivity contribution is 4.73. The van der Waals surface area contributed by atoms with Crippen molar-refractivity contribution in [3.63, 3.8) is 0 Å². The average Bonchev–Trinajstić information content (AvgIpc) is 1.99. The van der Waals surface area contributed by atoms with E-state index in [-0.39, 0.29) is 12.5 Å². The first-order valence-corrected chi connectivity index (χ1v) is 4.40. The number of nitrogens with one attached hydrogen (secondary N) is 1. The third kappa shape index (κ3) is 4.21. The van der Waals surface area contributed by atoms with Crippen molar-refractivity contribution in [1.29, 1.82) is 0 Å². The minimum atomic E-state index is -5.51. The summed E-state index contributed by atoms with van der Waals surface area (Å²) in [5.74, 6) is -0.187. The maximum atomic E-state index is 12.3. The molecular formula is C8H14F5N. The van der Waals surface area contributed by atoms with Gasteiger partial charge in [0, 0.05) is 6.54 Å². The van der Waals surface area contributed by atoms with Crippen LogP contribution in [0.4, 0.5) is 22.0 Å². The van der Waals surface area contributed by atoms with Gasteiger partial charge >= 0.3 is 12.2 Å². The van der Waals surface area contributed by atoms with Crippen LogP contribution in [0.1, 0.15) is 26.7 Å². The molecule has 0 aromatic rings. The SMILES string of the molecule is CCCC(C)CNC(F)(F)C(F)(F)F. The van der Waals surface area contributed by atoms with Crippen LogP contribution in [-0.2, 0) is 0 Å². The van der Waals surface area contributed by atoms with Gasteiger partial charge in [-0.25, -0.2) is 5.32 Å². The van der Waals surface area contributed by atoms with Gasteiger partial charge in [-0.2, -0.15) is 22.0 Å². The summed E-state index contributed by atoms with van der Waals surface area (Å²) in [5.41, 5.74) is 0. The van der Waals surface area contributed by atoms with Gasteiger partial charge in [-0.15, -0.1) is 0 Å². The van der Waals surface area contributed by atoms with E-state index in [1.54, 1.807) is 6.92 Å². The van der Waals surface area contributed by atoms with E-state index in [4.69, 9.17) is 0 Å². The number of alkyl halides is 5. The summed E-state index contributed by atoms with van der Waals surface area (Å²) in [5, 5.41) is 1.23. The summed E-state index contributed by atoms with van der Waals surface area (Å²) in [6.45, 7) is 3.14. The van der Waals surface area contributed by atoms with Crippen molar-refractivity contribution in [2.24, 2.45) is 5.92 Å². The normalized spacial score (nSPS) is 15.6. The summed E-state index contributed by atoms with van der Waals surface area (Å²) < 4.78 is 59.6. The largest absolute Gasteiger partial charge is 0.469 e. The average molecular weight is 219 g/mol. The van der Waals surface area contributed by atoms with E-state index >= 15 is 0 Å². The molecule has 0 spiro atoms. The Morgan fingerprint density at radius 1 is 1.14 bits per heavy atom. The fourth-order valence-corrected chi connectivity index (χ4v) is 0.997. The molecule has 6 heteroatoms. The number of halogens is 5. The molecule has 0 rings (SSSR count). The Hall–Kier alpha value is -0.390. The molecule has 1 atom stereocenters. The van der Waals surface area contributed by atoms with Crippen molar-refractivity contribution >= 4 is 0 Å². The first-order valence-electron chi connectivity index (χ1n) is 4.40. The third-order valence-corrected chi connectivity index (χ3v) is 1.81. The lowest BCUT2D eigenvalue weighted by molar-refractivity contribution is -0.295. The van der Waals surface area contributed by atoms with Crippen LogP contribution < -0.4 is 5.32 Å². The van der Waals surface area contributed by atoms with Crippen LogP contribution in [0.25, 0.3) is 0 Å². The number of hydrogen-bond acceptors (Lipinski definition) is 1. The summed E-state index contributed by atoms with van der Waals surface area (Å²) in [4.78, 5) is 0. The minimum absolute atomic E-state index is 0.187. The van der Waals surface area contributed by atoms with E-state index in [0.29, 0.717) is 6.42 Å². The zero-order chi connectivity index (χ0) is 11.4. The topological polar surface area (TPSA) is 12.0 Å². The predicted molar refractivity (Wildman–Crippen MR) is 43.1 cm³/mol. The van der Waals surface area contributed by atoms with Gasteiger partial charge < -0.3 is 0 Å². The van der Waals surface area contributed by atoms with Crippen LogP contribution >= 0.6 is 0 Å². The van der Waals surface area contributed by atoms with Crippen LogP contribution in [0, 0.1) is 5.92 Å². The lowest BCUT2D eigenvalue weighted by Crippen LogP contribution is -2.50. The standard InChI is InChI=1S/C8H14F5N/c1-3-4-6(2)5-14-8(12,13)7(9,10)11/h6,14H,3-5H2,1-2H3. The Balaban J connectivity index is 3.99. The second-order valence-corrected chi connectivity index (χ2v) is 3.35. The van der Waals surface area contributed by atoms with E-state index in [2.05, 4.69) is 0 Å². The molecule has 0 saturated heterocycles. The molecule has 0 heterocycles. The molecule has 0 aliphatic rings. The Kier molecular flexibility index (Phi) is 4.77. The monoisotopic (exact) mass is 219 g/mol. The molecule has 0 aliphatic heterocycles. The van der Waals surface area contributed by atoms with Gasteiger partial charge in [-0.1, -0.05) is 20.3 Å². The van der Waals surface area contributed by atoms with E-state index in [9.17, 15) is 22.0 Å². The quantitative estimate of drug-likeness (QED) is 0.553. The van der Waals surface area contributed by atoms with Gasteiger partial charge in [0.25, 0.3) is 0 Å². The lowest BCUT2D eigenvalue weighted by atomic mass is 10.1. The smallest absolute Gasteiger partial charge is 0.250 e. The minimum Gasteiger partial charge on any atom is -0.250 e. The van der Waals surface area contributed by atoms with Gasteiger partial charge in [0.05, 0.1) is 0 Å². The predicted octanol–water partition coefficient (Wildman–Crippen LogP) is 3.17. The van der Waals surface area contributed by atoms with Gasteiger partial charge in [0.2, 0.25) is 0 Å². The van der Waals surface area contributed by atoms with Gasteiger partial charge in [0.15, 0.2) is 0 Å².